The molecule has 2 aromatic rings. The van der Waals surface area contributed by atoms with Gasteiger partial charge < -0.3 is 75.0 Å². The molecule has 0 saturated carbocycles. The van der Waals surface area contributed by atoms with E-state index in [1.807, 2.05) is 0 Å². The summed E-state index contributed by atoms with van der Waals surface area (Å²) in [5.74, 6) is 0. The maximum absolute atomic E-state index is 3.09. The molecule has 0 nitrogen and oxygen atoms in total. The Kier molecular flexibility index (Phi) is 12.5. The normalized spacial score (nSPS) is 11.4. The van der Waals surface area contributed by atoms with E-state index in [2.05, 4.69) is 104 Å². The van der Waals surface area contributed by atoms with E-state index in [1.165, 1.54) is 10.6 Å². The standard InChI is InChI=1S/2C11H14P.Fe/c2*1-9(2)12(10(3)4)11-7-5-6-8-11;/h2*9-10H,1-4H3;/q2*-5;. The third-order valence-corrected chi connectivity index (χ3v) is 9.52. The van der Waals surface area contributed by atoms with Crippen molar-refractivity contribution in [2.75, 3.05) is 0 Å². The summed E-state index contributed by atoms with van der Waals surface area (Å²) in [5.41, 5.74) is 2.82. The predicted octanol–water partition coefficient (Wildman–Crippen LogP) is 5.06. The van der Waals surface area contributed by atoms with Gasteiger partial charge in [-0.3, -0.25) is 0 Å². The van der Waals surface area contributed by atoms with Crippen molar-refractivity contribution in [3.05, 3.63) is 48.5 Å². The van der Waals surface area contributed by atoms with Crippen molar-refractivity contribution in [1.82, 2.24) is 0 Å². The van der Waals surface area contributed by atoms with Gasteiger partial charge in [-0.1, -0.05) is 78.0 Å². The Bertz CT molecular complexity index is 458. The molecule has 25 heavy (non-hydrogen) atoms. The summed E-state index contributed by atoms with van der Waals surface area (Å²) in [5, 5.41) is 2.41. The summed E-state index contributed by atoms with van der Waals surface area (Å²) in [6.45, 7) is 18.1. The molecule has 0 aromatic heterocycles. The Morgan fingerprint density at radius 2 is 0.680 bits per heavy atom. The van der Waals surface area contributed by atoms with E-state index >= 15 is 0 Å². The fourth-order valence-electron chi connectivity index (χ4n) is 2.91. The van der Waals surface area contributed by atoms with Crippen LogP contribution in [0.25, 0.3) is 0 Å². The average Bonchev–Trinajstić information content (AvgIpc) is 3.11. The van der Waals surface area contributed by atoms with Crippen molar-refractivity contribution in [2.24, 2.45) is 0 Å². The van der Waals surface area contributed by atoms with Crippen molar-refractivity contribution in [2.45, 2.75) is 78.0 Å². The van der Waals surface area contributed by atoms with Gasteiger partial charge in [-0.15, -0.1) is 0 Å². The molecule has 0 spiro atoms. The summed E-state index contributed by atoms with van der Waals surface area (Å²) >= 11 is 0. The van der Waals surface area contributed by atoms with E-state index in [1.54, 1.807) is 0 Å². The van der Waals surface area contributed by atoms with Crippen molar-refractivity contribution in [3.8, 4) is 0 Å². The van der Waals surface area contributed by atoms with Gasteiger partial charge in [0.1, 0.15) is 0 Å². The molecule has 2 aromatic carbocycles. The molecule has 0 radical (unpaired) electrons. The minimum absolute atomic E-state index is 0. The molecule has 144 valence electrons. The van der Waals surface area contributed by atoms with E-state index in [4.69, 9.17) is 0 Å². The second-order valence-corrected chi connectivity index (χ2v) is 13.5. The van der Waals surface area contributed by atoms with Crippen LogP contribution >= 0.6 is 15.8 Å². The summed E-state index contributed by atoms with van der Waals surface area (Å²) in [4.78, 5) is 0. The van der Waals surface area contributed by atoms with Crippen molar-refractivity contribution < 1.29 is 17.1 Å². The average molecular weight is 410 g/mol. The van der Waals surface area contributed by atoms with Gasteiger partial charge in [0.25, 0.3) is 0 Å². The molecule has 0 atom stereocenters. The molecule has 2 rings (SSSR count). The van der Waals surface area contributed by atoms with Gasteiger partial charge in [-0.05, 0) is 0 Å². The molecule has 3 heteroatoms. The second kappa shape index (κ2) is 12.5. The first-order valence-corrected chi connectivity index (χ1v) is 11.6. The molecule has 0 aliphatic rings. The first kappa shape index (κ1) is 25.1. The molecule has 0 unspecified atom stereocenters. The van der Waals surface area contributed by atoms with Gasteiger partial charge >= 0.3 is 0 Å². The minimum Gasteiger partial charge on any atom is -0.998 e. The van der Waals surface area contributed by atoms with Gasteiger partial charge in [-0.25, -0.2) is 0 Å². The van der Waals surface area contributed by atoms with Crippen LogP contribution in [0.4, 0.5) is 0 Å². The summed E-state index contributed by atoms with van der Waals surface area (Å²) < 4.78 is 0. The first-order chi connectivity index (χ1) is 11.3. The monoisotopic (exact) mass is 410 g/mol. The zero-order valence-corrected chi connectivity index (χ0v) is 19.5. The predicted molar refractivity (Wildman–Crippen MR) is 108 cm³/mol. The van der Waals surface area contributed by atoms with Crippen molar-refractivity contribution in [3.63, 3.8) is 0 Å². The number of hydrogen-bond acceptors (Lipinski definition) is 0. The van der Waals surface area contributed by atoms with E-state index in [0.717, 1.165) is 0 Å². The number of hydrogen-bond donors (Lipinski definition) is 0. The molecule has 0 aliphatic heterocycles. The molecular weight excluding hydrogens is 382 g/mol. The maximum Gasteiger partial charge on any atom is 0 e. The summed E-state index contributed by atoms with van der Waals surface area (Å²) in [6, 6.07) is 23.7. The van der Waals surface area contributed by atoms with E-state index in [0.29, 0.717) is 22.6 Å². The van der Waals surface area contributed by atoms with Crippen molar-refractivity contribution in [1.29, 1.82) is 0 Å². The van der Waals surface area contributed by atoms with Crippen LogP contribution < -0.4 is 10.6 Å². The van der Waals surface area contributed by atoms with Crippen LogP contribution in [0.1, 0.15) is 55.4 Å². The van der Waals surface area contributed by atoms with Gasteiger partial charge in [0, 0.05) is 17.1 Å². The molecule has 0 fully saturated rings. The smallest absolute Gasteiger partial charge is 0 e. The first-order valence-electron chi connectivity index (χ1n) is 8.60. The Balaban J connectivity index is 0.000000443. The second-order valence-electron chi connectivity index (χ2n) is 6.89. The molecule has 0 amide bonds. The Morgan fingerprint density at radius 3 is 0.840 bits per heavy atom. The zero-order chi connectivity index (χ0) is 18.3. The van der Waals surface area contributed by atoms with Crippen LogP contribution in [0.15, 0.2) is 0 Å². The van der Waals surface area contributed by atoms with Crippen molar-refractivity contribution >= 4 is 26.5 Å². The Labute approximate surface area is 169 Å². The molecule has 0 bridgehead atoms. The van der Waals surface area contributed by atoms with E-state index < -0.39 is 0 Å². The molecule has 0 heterocycles. The van der Waals surface area contributed by atoms with Crippen LogP contribution in [0, 0.1) is 48.5 Å². The largest absolute Gasteiger partial charge is 0.998 e. The minimum atomic E-state index is -0.110. The van der Waals surface area contributed by atoms with Gasteiger partial charge in [0.2, 0.25) is 0 Å². The fraction of sp³-hybridized carbons (Fsp3) is 0.545. The zero-order valence-electron chi connectivity index (χ0n) is 16.6. The molecule has 0 aliphatic carbocycles. The third-order valence-electron chi connectivity index (χ3n) is 3.59. The maximum atomic E-state index is 3.09. The summed E-state index contributed by atoms with van der Waals surface area (Å²) in [6.07, 6.45) is 0. The molecule has 0 N–H and O–H groups in total. The SMILES string of the molecule is CC(C)P([c-]1[c-][c-][c-][c-]1)C(C)C.CC(C)P([c-]1[c-][c-][c-][c-]1)C(C)C.[Fe]. The number of rotatable bonds is 6. The van der Waals surface area contributed by atoms with Crippen LogP contribution in [0.5, 0.6) is 0 Å². The Morgan fingerprint density at radius 1 is 0.480 bits per heavy atom. The van der Waals surface area contributed by atoms with E-state index in [9.17, 15) is 0 Å². The van der Waals surface area contributed by atoms with Gasteiger partial charge in [-0.2, -0.15) is 0 Å². The van der Waals surface area contributed by atoms with Crippen LogP contribution in [-0.4, -0.2) is 22.6 Å². The Hall–Kier alpha value is 0.0795. The fourth-order valence-corrected chi connectivity index (χ4v) is 8.10. The molecular formula is C22H28FeP2-10. The van der Waals surface area contributed by atoms with E-state index in [-0.39, 0.29) is 32.9 Å². The van der Waals surface area contributed by atoms with Crippen LogP contribution in [0.3, 0.4) is 0 Å². The third kappa shape index (κ3) is 8.10. The van der Waals surface area contributed by atoms with Crippen LogP contribution in [-0.2, 0) is 17.1 Å². The topological polar surface area (TPSA) is 0 Å². The molecule has 0 saturated heterocycles. The van der Waals surface area contributed by atoms with Crippen LogP contribution in [0.2, 0.25) is 0 Å². The van der Waals surface area contributed by atoms with Gasteiger partial charge in [0.15, 0.2) is 0 Å². The van der Waals surface area contributed by atoms with Gasteiger partial charge in [0.05, 0.1) is 0 Å². The quantitative estimate of drug-likeness (QED) is 0.355. The summed E-state index contributed by atoms with van der Waals surface area (Å²) in [7, 11) is -0.221.